The molecule has 2 aromatic carbocycles. The lowest BCUT2D eigenvalue weighted by Gasteiger charge is -2.22. The van der Waals surface area contributed by atoms with Crippen LogP contribution in [0.5, 0.6) is 0 Å². The lowest BCUT2D eigenvalue weighted by molar-refractivity contribution is -0.185. The van der Waals surface area contributed by atoms with Gasteiger partial charge in [-0.15, -0.1) is 10.2 Å². The number of fused-ring (bicyclic) bond motifs is 1. The number of carbonyl (C=O) groups is 2. The molecule has 2 heterocycles. The van der Waals surface area contributed by atoms with E-state index in [1.54, 1.807) is 13.0 Å². The first-order valence-electron chi connectivity index (χ1n) is 16.1. The summed E-state index contributed by atoms with van der Waals surface area (Å²) in [4.78, 5) is 30.9. The summed E-state index contributed by atoms with van der Waals surface area (Å²) in [7, 11) is 0. The van der Waals surface area contributed by atoms with Gasteiger partial charge in [0.15, 0.2) is 0 Å². The van der Waals surface area contributed by atoms with E-state index in [0.717, 1.165) is 109 Å². The molecule has 0 bridgehead atoms. The predicted octanol–water partition coefficient (Wildman–Crippen LogP) is 6.46. The number of esters is 2. The highest BCUT2D eigenvalue weighted by Gasteiger charge is 2.27. The Morgan fingerprint density at radius 2 is 1.69 bits per heavy atom. The summed E-state index contributed by atoms with van der Waals surface area (Å²) in [6.45, 7) is 4.29. The Kier molecular flexibility index (Phi) is 9.47. The van der Waals surface area contributed by atoms with Crippen molar-refractivity contribution in [3.63, 3.8) is 0 Å². The Bertz CT molecular complexity index is 1670. The number of H-pyrrole nitrogens is 1. The van der Waals surface area contributed by atoms with Gasteiger partial charge in [-0.3, -0.25) is 4.79 Å². The summed E-state index contributed by atoms with van der Waals surface area (Å²) < 4.78 is 13.3. The van der Waals surface area contributed by atoms with Crippen molar-refractivity contribution in [3.8, 4) is 22.5 Å². The van der Waals surface area contributed by atoms with Crippen molar-refractivity contribution >= 4 is 17.5 Å². The average Bonchev–Trinajstić information content (AvgIpc) is 3.67. The van der Waals surface area contributed by atoms with E-state index in [2.05, 4.69) is 50.3 Å². The standard InChI is InChI=1S/C35H40N6O4/c1-3-31-36-30-20-12-8-15-25(21-32(42)44-23(2)45-35(43)24-13-5-4-6-14-24)33(30)41(31)22-26-16-7-9-17-27(26)28-18-10-11-19-29(28)34-37-39-40-38-34/h7,9-11,16-19,21,23-24H,3-6,8,12-15,20,22H2,1-2H3,(H,37,38,39,40). The van der Waals surface area contributed by atoms with E-state index >= 15 is 0 Å². The minimum Gasteiger partial charge on any atom is -0.425 e. The highest BCUT2D eigenvalue weighted by Crippen LogP contribution is 2.35. The number of nitrogens with one attached hydrogen (secondary N) is 1. The maximum absolute atomic E-state index is 13.2. The maximum atomic E-state index is 13.2. The van der Waals surface area contributed by atoms with Crippen LogP contribution in [-0.2, 0) is 38.4 Å². The molecule has 6 rings (SSSR count). The van der Waals surface area contributed by atoms with E-state index in [-0.39, 0.29) is 11.9 Å². The van der Waals surface area contributed by atoms with Gasteiger partial charge in [-0.25, -0.2) is 9.78 Å². The SMILES string of the molecule is CCc1nc2c(n1Cc1ccccc1-c1ccccc1-c1nn[nH]n1)C(=CC(=O)OC(C)OC(=O)C1CCCCC1)CCCC2. The Morgan fingerprint density at radius 1 is 0.956 bits per heavy atom. The van der Waals surface area contributed by atoms with E-state index in [1.807, 2.05) is 30.3 Å². The molecule has 1 N–H and O–H groups in total. The van der Waals surface area contributed by atoms with E-state index < -0.39 is 12.3 Å². The van der Waals surface area contributed by atoms with Crippen molar-refractivity contribution in [2.75, 3.05) is 0 Å². The molecular formula is C35H40N6O4. The lowest BCUT2D eigenvalue weighted by atomic mass is 9.89. The molecule has 10 heteroatoms. The van der Waals surface area contributed by atoms with Crippen LogP contribution >= 0.6 is 0 Å². The fraction of sp³-hybridized carbons (Fsp3) is 0.429. The fourth-order valence-electron chi connectivity index (χ4n) is 6.64. The fourth-order valence-corrected chi connectivity index (χ4v) is 6.64. The molecular weight excluding hydrogens is 568 g/mol. The van der Waals surface area contributed by atoms with Crippen LogP contribution in [-0.4, -0.2) is 48.4 Å². The summed E-state index contributed by atoms with van der Waals surface area (Å²) in [6, 6.07) is 16.4. The third-order valence-corrected chi connectivity index (χ3v) is 8.79. The van der Waals surface area contributed by atoms with Gasteiger partial charge >= 0.3 is 11.9 Å². The maximum Gasteiger partial charge on any atom is 0.334 e. The predicted molar refractivity (Wildman–Crippen MR) is 170 cm³/mol. The highest BCUT2D eigenvalue weighted by atomic mass is 16.7. The van der Waals surface area contributed by atoms with Crippen molar-refractivity contribution in [3.05, 3.63) is 77.4 Å². The third-order valence-electron chi connectivity index (χ3n) is 8.79. The number of aromatic nitrogens is 6. The Balaban J connectivity index is 1.29. The number of carbonyl (C=O) groups excluding carboxylic acids is 2. The number of nitrogens with zero attached hydrogens (tertiary/aromatic N) is 5. The first-order chi connectivity index (χ1) is 22.0. The first kappa shape index (κ1) is 30.4. The monoisotopic (exact) mass is 608 g/mol. The summed E-state index contributed by atoms with van der Waals surface area (Å²) in [5.41, 5.74) is 6.96. The van der Waals surface area contributed by atoms with Crippen LogP contribution < -0.4 is 0 Å². The van der Waals surface area contributed by atoms with Crippen LogP contribution in [0.1, 0.15) is 88.0 Å². The number of ether oxygens (including phenoxy) is 2. The van der Waals surface area contributed by atoms with Crippen molar-refractivity contribution in [2.24, 2.45) is 5.92 Å². The minimum absolute atomic E-state index is 0.105. The second kappa shape index (κ2) is 14.0. The molecule has 45 heavy (non-hydrogen) atoms. The van der Waals surface area contributed by atoms with Crippen molar-refractivity contribution < 1.29 is 19.1 Å². The van der Waals surface area contributed by atoms with Gasteiger partial charge in [0, 0.05) is 31.5 Å². The summed E-state index contributed by atoms with van der Waals surface area (Å²) in [5.74, 6) is 0.615. The number of aryl methyl sites for hydroxylation is 2. The zero-order chi connectivity index (χ0) is 31.2. The Morgan fingerprint density at radius 3 is 2.44 bits per heavy atom. The normalized spacial score (nSPS) is 17.0. The van der Waals surface area contributed by atoms with Gasteiger partial charge in [0.05, 0.1) is 17.3 Å². The van der Waals surface area contributed by atoms with Gasteiger partial charge in [-0.1, -0.05) is 74.7 Å². The zero-order valence-electron chi connectivity index (χ0n) is 26.0. The van der Waals surface area contributed by atoms with Gasteiger partial charge in [-0.2, -0.15) is 5.21 Å². The van der Waals surface area contributed by atoms with Crippen LogP contribution in [0.3, 0.4) is 0 Å². The number of benzene rings is 2. The first-order valence-corrected chi connectivity index (χ1v) is 16.1. The molecule has 1 atom stereocenters. The zero-order valence-corrected chi connectivity index (χ0v) is 26.0. The molecule has 0 radical (unpaired) electrons. The molecule has 10 nitrogen and oxygen atoms in total. The number of tetrazole rings is 1. The Hall–Kier alpha value is -4.60. The third kappa shape index (κ3) is 6.90. The van der Waals surface area contributed by atoms with Gasteiger partial charge in [0.25, 0.3) is 0 Å². The quantitative estimate of drug-likeness (QED) is 0.0993. The minimum atomic E-state index is -0.948. The van der Waals surface area contributed by atoms with E-state index in [9.17, 15) is 9.59 Å². The smallest absolute Gasteiger partial charge is 0.334 e. The number of hydrogen-bond donors (Lipinski definition) is 1. The van der Waals surface area contributed by atoms with Crippen molar-refractivity contribution in [1.29, 1.82) is 0 Å². The molecule has 1 unspecified atom stereocenters. The molecule has 234 valence electrons. The highest BCUT2D eigenvalue weighted by molar-refractivity contribution is 5.91. The van der Waals surface area contributed by atoms with Crippen molar-refractivity contribution in [2.45, 2.75) is 90.9 Å². The van der Waals surface area contributed by atoms with Crippen LogP contribution in [0.15, 0.2) is 54.6 Å². The molecule has 2 aliphatic carbocycles. The average molecular weight is 609 g/mol. The number of allylic oxidation sites excluding steroid dienone is 1. The van der Waals surface area contributed by atoms with Crippen LogP contribution in [0.2, 0.25) is 0 Å². The summed E-state index contributed by atoms with van der Waals surface area (Å²) in [5, 5.41) is 14.8. The van der Waals surface area contributed by atoms with E-state index in [4.69, 9.17) is 14.5 Å². The molecule has 2 aromatic heterocycles. The number of rotatable bonds is 9. The summed E-state index contributed by atoms with van der Waals surface area (Å²) in [6.07, 6.45) is 9.78. The Labute approximate surface area is 263 Å². The van der Waals surface area contributed by atoms with Gasteiger partial charge in [0.2, 0.25) is 12.1 Å². The van der Waals surface area contributed by atoms with Gasteiger partial charge in [0.1, 0.15) is 5.82 Å². The van der Waals surface area contributed by atoms with E-state index in [1.165, 1.54) is 0 Å². The molecule has 0 spiro atoms. The molecule has 2 aliphatic rings. The van der Waals surface area contributed by atoms with E-state index in [0.29, 0.717) is 12.4 Å². The van der Waals surface area contributed by atoms with Crippen LogP contribution in [0.25, 0.3) is 28.1 Å². The second-order valence-corrected chi connectivity index (χ2v) is 11.9. The molecule has 0 aliphatic heterocycles. The number of imidazole rings is 1. The summed E-state index contributed by atoms with van der Waals surface area (Å²) >= 11 is 0. The van der Waals surface area contributed by atoms with Crippen molar-refractivity contribution in [1.82, 2.24) is 30.2 Å². The van der Waals surface area contributed by atoms with Crippen LogP contribution in [0, 0.1) is 5.92 Å². The van der Waals surface area contributed by atoms with Crippen LogP contribution in [0.4, 0.5) is 0 Å². The van der Waals surface area contributed by atoms with Gasteiger partial charge in [-0.05, 0) is 66.0 Å². The molecule has 0 saturated heterocycles. The largest absolute Gasteiger partial charge is 0.425 e. The lowest BCUT2D eigenvalue weighted by Crippen LogP contribution is -2.27. The molecule has 1 fully saturated rings. The van der Waals surface area contributed by atoms with Gasteiger partial charge < -0.3 is 14.0 Å². The number of hydrogen-bond acceptors (Lipinski definition) is 8. The molecule has 0 amide bonds. The molecule has 1 saturated carbocycles. The second-order valence-electron chi connectivity index (χ2n) is 11.9. The topological polar surface area (TPSA) is 125 Å². The number of aromatic amines is 1. The molecule has 4 aromatic rings.